The van der Waals surface area contributed by atoms with Crippen molar-refractivity contribution < 1.29 is 14.4 Å². The molecule has 0 aliphatic carbocycles. The number of carbonyl (C=O) groups excluding carboxylic acids is 1. The van der Waals surface area contributed by atoms with Gasteiger partial charge in [-0.2, -0.15) is 5.48 Å². The normalized spacial score (nSPS) is 13.6. The first-order valence-corrected chi connectivity index (χ1v) is 6.09. The molecule has 1 amide bonds. The smallest absolute Gasteiger partial charge is 0.431 e. The van der Waals surface area contributed by atoms with Crippen molar-refractivity contribution >= 4 is 6.09 Å². The second-order valence-corrected chi connectivity index (χ2v) is 5.55. The van der Waals surface area contributed by atoms with Crippen LogP contribution in [0.4, 0.5) is 4.79 Å². The molecule has 0 aliphatic rings. The van der Waals surface area contributed by atoms with Crippen LogP contribution in [0, 0.1) is 5.92 Å². The summed E-state index contributed by atoms with van der Waals surface area (Å²) >= 11 is 0. The molecule has 0 aromatic heterocycles. The SMILES string of the molecule is CC(C)CC(CCN)ONC(=O)OC(C)(C)C. The first kappa shape index (κ1) is 16.2. The highest BCUT2D eigenvalue weighted by Crippen LogP contribution is 2.11. The van der Waals surface area contributed by atoms with Crippen molar-refractivity contribution in [2.24, 2.45) is 11.7 Å². The Morgan fingerprint density at radius 1 is 1.35 bits per heavy atom. The van der Waals surface area contributed by atoms with Crippen molar-refractivity contribution in [2.75, 3.05) is 6.54 Å². The van der Waals surface area contributed by atoms with Gasteiger partial charge in [0.15, 0.2) is 0 Å². The molecule has 0 rings (SSSR count). The first-order valence-electron chi connectivity index (χ1n) is 6.09. The van der Waals surface area contributed by atoms with Gasteiger partial charge in [0, 0.05) is 0 Å². The van der Waals surface area contributed by atoms with E-state index in [0.717, 1.165) is 6.42 Å². The molecule has 102 valence electrons. The van der Waals surface area contributed by atoms with Crippen LogP contribution < -0.4 is 11.2 Å². The predicted molar refractivity (Wildman–Crippen MR) is 67.4 cm³/mol. The quantitative estimate of drug-likeness (QED) is 0.705. The molecule has 5 heteroatoms. The van der Waals surface area contributed by atoms with Gasteiger partial charge in [-0.25, -0.2) is 4.79 Å². The largest absolute Gasteiger partial charge is 0.442 e. The van der Waals surface area contributed by atoms with Crippen LogP contribution in [0.15, 0.2) is 0 Å². The number of hydroxylamine groups is 1. The van der Waals surface area contributed by atoms with Gasteiger partial charge in [-0.15, -0.1) is 0 Å². The summed E-state index contributed by atoms with van der Waals surface area (Å²) < 4.78 is 5.06. The Morgan fingerprint density at radius 3 is 2.35 bits per heavy atom. The highest BCUT2D eigenvalue weighted by Gasteiger charge is 2.18. The number of ether oxygens (including phenoxy) is 1. The van der Waals surface area contributed by atoms with Gasteiger partial charge in [-0.05, 0) is 46.1 Å². The van der Waals surface area contributed by atoms with Gasteiger partial charge in [-0.3, -0.25) is 4.84 Å². The minimum atomic E-state index is -0.566. The molecular weight excluding hydrogens is 220 g/mol. The highest BCUT2D eigenvalue weighted by atomic mass is 16.7. The van der Waals surface area contributed by atoms with Crippen molar-refractivity contribution in [2.45, 2.75) is 59.2 Å². The third-order valence-corrected chi connectivity index (χ3v) is 1.93. The van der Waals surface area contributed by atoms with Crippen LogP contribution in [0.5, 0.6) is 0 Å². The van der Waals surface area contributed by atoms with E-state index >= 15 is 0 Å². The number of hydrogen-bond acceptors (Lipinski definition) is 4. The summed E-state index contributed by atoms with van der Waals surface area (Å²) in [5.41, 5.74) is 7.28. The Kier molecular flexibility index (Phi) is 7.15. The molecule has 17 heavy (non-hydrogen) atoms. The molecule has 0 saturated heterocycles. The van der Waals surface area contributed by atoms with Gasteiger partial charge in [-0.1, -0.05) is 13.8 Å². The van der Waals surface area contributed by atoms with Crippen LogP contribution >= 0.6 is 0 Å². The van der Waals surface area contributed by atoms with Crippen molar-refractivity contribution in [3.05, 3.63) is 0 Å². The fourth-order valence-electron chi connectivity index (χ4n) is 1.37. The topological polar surface area (TPSA) is 73.6 Å². The van der Waals surface area contributed by atoms with Crippen LogP contribution in [-0.4, -0.2) is 24.3 Å². The maximum absolute atomic E-state index is 11.4. The fraction of sp³-hybridized carbons (Fsp3) is 0.917. The number of amides is 1. The third-order valence-electron chi connectivity index (χ3n) is 1.93. The average Bonchev–Trinajstić information content (AvgIpc) is 2.11. The maximum Gasteiger partial charge on any atom is 0.431 e. The minimum absolute atomic E-state index is 0.0625. The lowest BCUT2D eigenvalue weighted by Gasteiger charge is -2.22. The summed E-state index contributed by atoms with van der Waals surface area (Å²) in [6, 6.07) is 0. The third kappa shape index (κ3) is 10.1. The van der Waals surface area contributed by atoms with E-state index in [0.29, 0.717) is 18.9 Å². The minimum Gasteiger partial charge on any atom is -0.442 e. The Balaban J connectivity index is 3.99. The molecule has 5 nitrogen and oxygen atoms in total. The predicted octanol–water partition coefficient (Wildman–Crippen LogP) is 2.21. The number of carbonyl (C=O) groups is 1. The molecule has 0 aromatic rings. The molecule has 0 aliphatic heterocycles. The summed E-state index contributed by atoms with van der Waals surface area (Å²) in [4.78, 5) is 16.7. The molecule has 1 atom stereocenters. The molecule has 0 aromatic carbocycles. The number of nitrogens with two attached hydrogens (primary N) is 1. The molecule has 0 fully saturated rings. The van der Waals surface area contributed by atoms with Gasteiger partial charge in [0.25, 0.3) is 0 Å². The zero-order chi connectivity index (χ0) is 13.5. The summed E-state index contributed by atoms with van der Waals surface area (Å²) in [6.07, 6.45) is 0.942. The number of hydrogen-bond donors (Lipinski definition) is 2. The number of nitrogens with one attached hydrogen (secondary N) is 1. The van der Waals surface area contributed by atoms with Crippen molar-refractivity contribution in [1.29, 1.82) is 0 Å². The molecule has 0 heterocycles. The molecule has 0 radical (unpaired) electrons. The molecule has 3 N–H and O–H groups in total. The second kappa shape index (κ2) is 7.50. The fourth-order valence-corrected chi connectivity index (χ4v) is 1.37. The van der Waals surface area contributed by atoms with E-state index in [1.807, 2.05) is 0 Å². The zero-order valence-corrected chi connectivity index (χ0v) is 11.6. The molecule has 1 unspecified atom stereocenters. The van der Waals surface area contributed by atoms with E-state index in [1.54, 1.807) is 20.8 Å². The number of rotatable bonds is 6. The molecule has 0 spiro atoms. The summed E-state index contributed by atoms with van der Waals surface area (Å²) in [5, 5.41) is 0. The Morgan fingerprint density at radius 2 is 1.94 bits per heavy atom. The summed E-state index contributed by atoms with van der Waals surface area (Å²) in [5.74, 6) is 0.493. The van der Waals surface area contributed by atoms with E-state index in [1.165, 1.54) is 0 Å². The monoisotopic (exact) mass is 246 g/mol. The van der Waals surface area contributed by atoms with Crippen molar-refractivity contribution in [1.82, 2.24) is 5.48 Å². The average molecular weight is 246 g/mol. The molecular formula is C12H26N2O3. The molecule has 0 bridgehead atoms. The standard InChI is InChI=1S/C12H26N2O3/c1-9(2)8-10(6-7-13)17-14-11(15)16-12(3,4)5/h9-10H,6-8,13H2,1-5H3,(H,14,15). The van der Waals surface area contributed by atoms with E-state index in [2.05, 4.69) is 19.3 Å². The lowest BCUT2D eigenvalue weighted by Crippen LogP contribution is -2.36. The first-order chi connectivity index (χ1) is 7.74. The van der Waals surface area contributed by atoms with Crippen LogP contribution in [0.2, 0.25) is 0 Å². The van der Waals surface area contributed by atoms with Crippen LogP contribution in [0.25, 0.3) is 0 Å². The lowest BCUT2D eigenvalue weighted by molar-refractivity contribution is -0.0503. The van der Waals surface area contributed by atoms with Crippen LogP contribution in [0.1, 0.15) is 47.5 Å². The van der Waals surface area contributed by atoms with E-state index in [9.17, 15) is 4.79 Å². The zero-order valence-electron chi connectivity index (χ0n) is 11.6. The van der Waals surface area contributed by atoms with Gasteiger partial charge in [0.1, 0.15) is 5.60 Å². The van der Waals surface area contributed by atoms with Crippen molar-refractivity contribution in [3.8, 4) is 0 Å². The summed E-state index contributed by atoms with van der Waals surface area (Å²) in [7, 11) is 0. The Bertz CT molecular complexity index is 224. The van der Waals surface area contributed by atoms with Gasteiger partial charge in [0.05, 0.1) is 6.10 Å². The Hall–Kier alpha value is -0.810. The van der Waals surface area contributed by atoms with Gasteiger partial charge >= 0.3 is 6.09 Å². The second-order valence-electron chi connectivity index (χ2n) is 5.55. The molecule has 0 saturated carbocycles. The van der Waals surface area contributed by atoms with E-state index < -0.39 is 11.7 Å². The van der Waals surface area contributed by atoms with E-state index in [4.69, 9.17) is 15.3 Å². The van der Waals surface area contributed by atoms with Crippen molar-refractivity contribution in [3.63, 3.8) is 0 Å². The Labute approximate surface area is 104 Å². The van der Waals surface area contributed by atoms with Gasteiger partial charge in [0.2, 0.25) is 0 Å². The summed E-state index contributed by atoms with van der Waals surface area (Å²) in [6.45, 7) is 10.1. The van der Waals surface area contributed by atoms with Crippen LogP contribution in [-0.2, 0) is 9.57 Å². The lowest BCUT2D eigenvalue weighted by atomic mass is 10.0. The highest BCUT2D eigenvalue weighted by molar-refractivity contribution is 5.66. The van der Waals surface area contributed by atoms with Gasteiger partial charge < -0.3 is 10.5 Å². The van der Waals surface area contributed by atoms with E-state index in [-0.39, 0.29) is 6.10 Å². The maximum atomic E-state index is 11.4. The van der Waals surface area contributed by atoms with Crippen LogP contribution in [0.3, 0.4) is 0 Å².